The smallest absolute Gasteiger partial charge is 0.334 e. The van der Waals surface area contributed by atoms with E-state index in [0.717, 1.165) is 50.1 Å². The van der Waals surface area contributed by atoms with Crippen molar-refractivity contribution in [3.05, 3.63) is 64.7 Å². The lowest BCUT2D eigenvalue weighted by Gasteiger charge is -2.42. The first-order chi connectivity index (χ1) is 15.6. The average Bonchev–Trinajstić information content (AvgIpc) is 3.28. The molecular formula is C24H25F4N3O2. The molecule has 0 bridgehead atoms. The number of nitrogens with zero attached hydrogens (tertiary/aromatic N) is 3. The van der Waals surface area contributed by atoms with Crippen molar-refractivity contribution in [3.63, 3.8) is 0 Å². The second kappa shape index (κ2) is 9.11. The highest BCUT2D eigenvalue weighted by Gasteiger charge is 2.38. The summed E-state index contributed by atoms with van der Waals surface area (Å²) in [5.74, 6) is -1.48. The van der Waals surface area contributed by atoms with Crippen LogP contribution < -0.4 is 0 Å². The summed E-state index contributed by atoms with van der Waals surface area (Å²) in [6.07, 6.45) is 0.685. The Bertz CT molecular complexity index is 1050. The van der Waals surface area contributed by atoms with Gasteiger partial charge in [0, 0.05) is 36.9 Å². The lowest BCUT2D eigenvalue weighted by atomic mass is 10.0. The molecule has 0 N–H and O–H groups in total. The summed E-state index contributed by atoms with van der Waals surface area (Å²) in [5.41, 5.74) is -0.410. The highest BCUT2D eigenvalue weighted by molar-refractivity contribution is 5.97. The maximum atomic E-state index is 14.5. The van der Waals surface area contributed by atoms with Gasteiger partial charge in [-0.2, -0.15) is 13.2 Å². The van der Waals surface area contributed by atoms with Crippen LogP contribution in [0.15, 0.2) is 36.5 Å². The topological polar surface area (TPSA) is 53.5 Å². The van der Waals surface area contributed by atoms with Crippen LogP contribution in [0.5, 0.6) is 0 Å². The fraction of sp³-hybridized carbons (Fsp3) is 0.458. The summed E-state index contributed by atoms with van der Waals surface area (Å²) < 4.78 is 53.4. The van der Waals surface area contributed by atoms with Crippen LogP contribution in [0.2, 0.25) is 0 Å². The summed E-state index contributed by atoms with van der Waals surface area (Å²) in [6.45, 7) is 2.08. The van der Waals surface area contributed by atoms with E-state index in [2.05, 4.69) is 4.98 Å². The fourth-order valence-corrected chi connectivity index (χ4v) is 4.84. The highest BCUT2D eigenvalue weighted by atomic mass is 19.4. The standard InChI is InChI=1S/C24H25F4N3O2/c1-15-13-30(14-22(32)31(15)19-4-2-3-5-19)23(33)20-11-16(6-7-21(20)25)10-18-12-17(8-9-29-18)24(26,27)28/h6-9,11-12,15,19H,2-5,10,13-14H2,1H3/t15-/m1/s1. The molecule has 4 rings (SSSR count). The van der Waals surface area contributed by atoms with Gasteiger partial charge in [-0.25, -0.2) is 4.39 Å². The summed E-state index contributed by atoms with van der Waals surface area (Å²) in [7, 11) is 0. The molecule has 176 valence electrons. The number of hydrogen-bond donors (Lipinski definition) is 0. The number of carbonyl (C=O) groups excluding carboxylic acids is 2. The monoisotopic (exact) mass is 463 g/mol. The predicted molar refractivity (Wildman–Crippen MR) is 113 cm³/mol. The molecule has 9 heteroatoms. The first-order valence-corrected chi connectivity index (χ1v) is 11.0. The lowest BCUT2D eigenvalue weighted by Crippen LogP contribution is -2.59. The molecule has 1 saturated carbocycles. The first-order valence-electron chi connectivity index (χ1n) is 11.0. The van der Waals surface area contributed by atoms with Crippen LogP contribution in [0.25, 0.3) is 0 Å². The molecular weight excluding hydrogens is 438 g/mol. The number of alkyl halides is 3. The van der Waals surface area contributed by atoms with Crippen LogP contribution in [0.3, 0.4) is 0 Å². The van der Waals surface area contributed by atoms with Crippen LogP contribution in [0, 0.1) is 5.82 Å². The number of hydrogen-bond acceptors (Lipinski definition) is 3. The van der Waals surface area contributed by atoms with Crippen LogP contribution in [-0.4, -0.2) is 51.8 Å². The van der Waals surface area contributed by atoms with Crippen LogP contribution in [0.4, 0.5) is 17.6 Å². The van der Waals surface area contributed by atoms with Crippen molar-refractivity contribution in [2.45, 2.75) is 57.3 Å². The minimum absolute atomic E-state index is 0.00920. The molecule has 2 aliphatic rings. The van der Waals surface area contributed by atoms with Crippen molar-refractivity contribution >= 4 is 11.8 Å². The Balaban J connectivity index is 1.51. The van der Waals surface area contributed by atoms with E-state index in [1.165, 1.54) is 17.0 Å². The van der Waals surface area contributed by atoms with Crippen molar-refractivity contribution in [1.82, 2.24) is 14.8 Å². The van der Waals surface area contributed by atoms with Crippen molar-refractivity contribution < 1.29 is 27.2 Å². The molecule has 2 amide bonds. The summed E-state index contributed by atoms with van der Waals surface area (Å²) in [6, 6.07) is 5.72. The molecule has 33 heavy (non-hydrogen) atoms. The van der Waals surface area contributed by atoms with E-state index in [9.17, 15) is 27.2 Å². The van der Waals surface area contributed by atoms with E-state index < -0.39 is 23.5 Å². The zero-order valence-electron chi connectivity index (χ0n) is 18.2. The number of aromatic nitrogens is 1. The Hall–Kier alpha value is -2.97. The van der Waals surface area contributed by atoms with Gasteiger partial charge in [0.15, 0.2) is 0 Å². The number of carbonyl (C=O) groups is 2. The van der Waals surface area contributed by atoms with Gasteiger partial charge in [0.25, 0.3) is 5.91 Å². The zero-order chi connectivity index (χ0) is 23.8. The van der Waals surface area contributed by atoms with Gasteiger partial charge < -0.3 is 9.80 Å². The molecule has 1 aliphatic carbocycles. The second-order valence-electron chi connectivity index (χ2n) is 8.80. The Kier molecular flexibility index (Phi) is 6.41. The number of rotatable bonds is 4. The molecule has 2 heterocycles. The molecule has 0 spiro atoms. The maximum Gasteiger partial charge on any atom is 0.416 e. The van der Waals surface area contributed by atoms with Crippen molar-refractivity contribution in [3.8, 4) is 0 Å². The largest absolute Gasteiger partial charge is 0.416 e. The van der Waals surface area contributed by atoms with Crippen molar-refractivity contribution in [1.29, 1.82) is 0 Å². The third kappa shape index (κ3) is 5.02. The highest BCUT2D eigenvalue weighted by Crippen LogP contribution is 2.30. The van der Waals surface area contributed by atoms with E-state index in [0.29, 0.717) is 12.1 Å². The molecule has 0 unspecified atom stereocenters. The zero-order valence-corrected chi connectivity index (χ0v) is 18.2. The SMILES string of the molecule is C[C@@H]1CN(C(=O)c2cc(Cc3cc(C(F)(F)F)ccn3)ccc2F)CC(=O)N1C1CCCC1. The van der Waals surface area contributed by atoms with E-state index in [4.69, 9.17) is 0 Å². The summed E-state index contributed by atoms with van der Waals surface area (Å²) >= 11 is 0. The number of halogens is 4. The van der Waals surface area contributed by atoms with Crippen molar-refractivity contribution in [2.75, 3.05) is 13.1 Å². The van der Waals surface area contributed by atoms with Crippen LogP contribution in [0.1, 0.15) is 59.8 Å². The minimum Gasteiger partial charge on any atom is -0.334 e. The Morgan fingerprint density at radius 3 is 2.55 bits per heavy atom. The lowest BCUT2D eigenvalue weighted by molar-refractivity contribution is -0.141. The van der Waals surface area contributed by atoms with Crippen LogP contribution >= 0.6 is 0 Å². The normalized spacial score (nSPS) is 19.9. The molecule has 1 saturated heterocycles. The molecule has 5 nitrogen and oxygen atoms in total. The summed E-state index contributed by atoms with van der Waals surface area (Å²) in [4.78, 5) is 33.0. The van der Waals surface area contributed by atoms with Gasteiger partial charge in [-0.1, -0.05) is 18.9 Å². The first kappa shape index (κ1) is 23.2. The molecule has 1 aliphatic heterocycles. The Morgan fingerprint density at radius 2 is 1.88 bits per heavy atom. The Morgan fingerprint density at radius 1 is 1.15 bits per heavy atom. The molecule has 0 radical (unpaired) electrons. The van der Waals surface area contributed by atoms with Gasteiger partial charge >= 0.3 is 6.18 Å². The van der Waals surface area contributed by atoms with Gasteiger partial charge in [0.05, 0.1) is 11.1 Å². The second-order valence-corrected chi connectivity index (χ2v) is 8.80. The van der Waals surface area contributed by atoms with Gasteiger partial charge in [0.2, 0.25) is 5.91 Å². The predicted octanol–water partition coefficient (Wildman–Crippen LogP) is 4.45. The maximum absolute atomic E-state index is 14.5. The fourth-order valence-electron chi connectivity index (χ4n) is 4.84. The van der Waals surface area contributed by atoms with E-state index in [1.807, 2.05) is 11.8 Å². The van der Waals surface area contributed by atoms with E-state index >= 15 is 0 Å². The third-order valence-corrected chi connectivity index (χ3v) is 6.37. The quantitative estimate of drug-likeness (QED) is 0.630. The third-order valence-electron chi connectivity index (χ3n) is 6.37. The molecule has 1 aromatic heterocycles. The van der Waals surface area contributed by atoms with Crippen molar-refractivity contribution in [2.24, 2.45) is 0 Å². The molecule has 2 fully saturated rings. The number of piperazine rings is 1. The van der Waals surface area contributed by atoms with Gasteiger partial charge in [-0.15, -0.1) is 0 Å². The number of amides is 2. The minimum atomic E-state index is -4.49. The van der Waals surface area contributed by atoms with Crippen LogP contribution in [-0.2, 0) is 17.4 Å². The number of pyridine rings is 1. The molecule has 1 aromatic carbocycles. The average molecular weight is 463 g/mol. The van der Waals surface area contributed by atoms with Gasteiger partial charge in [0.1, 0.15) is 12.4 Å². The number of benzene rings is 1. The molecule has 1 atom stereocenters. The van der Waals surface area contributed by atoms with E-state index in [1.54, 1.807) is 0 Å². The van der Waals surface area contributed by atoms with E-state index in [-0.39, 0.29) is 42.2 Å². The Labute approximate surface area is 189 Å². The van der Waals surface area contributed by atoms with Gasteiger partial charge in [-0.05, 0) is 49.6 Å². The van der Waals surface area contributed by atoms with Gasteiger partial charge in [-0.3, -0.25) is 14.6 Å². The molecule has 2 aromatic rings. The summed E-state index contributed by atoms with van der Waals surface area (Å²) in [5, 5.41) is 0.